The lowest BCUT2D eigenvalue weighted by Gasteiger charge is -2.15. The molecule has 1 aromatic carbocycles. The second kappa shape index (κ2) is 6.06. The number of hydrogen-bond acceptors (Lipinski definition) is 3. The second-order valence-corrected chi connectivity index (χ2v) is 4.44. The Morgan fingerprint density at radius 1 is 1.39 bits per heavy atom. The van der Waals surface area contributed by atoms with Crippen molar-refractivity contribution in [2.24, 2.45) is 5.92 Å². The molecule has 1 amide bonds. The van der Waals surface area contributed by atoms with Gasteiger partial charge in [0, 0.05) is 6.04 Å². The summed E-state index contributed by atoms with van der Waals surface area (Å²) in [6.45, 7) is -0.00133. The molecule has 1 aliphatic carbocycles. The van der Waals surface area contributed by atoms with Gasteiger partial charge in [-0.2, -0.15) is 5.26 Å². The Morgan fingerprint density at radius 3 is 2.89 bits per heavy atom. The number of carbonyl (C=O) groups is 1. The number of para-hydroxylation sites is 1. The van der Waals surface area contributed by atoms with Gasteiger partial charge in [0.2, 0.25) is 0 Å². The van der Waals surface area contributed by atoms with Crippen molar-refractivity contribution in [1.82, 2.24) is 5.32 Å². The Morgan fingerprint density at radius 2 is 2.17 bits per heavy atom. The van der Waals surface area contributed by atoms with E-state index >= 15 is 0 Å². The lowest BCUT2D eigenvalue weighted by molar-refractivity contribution is -0.123. The van der Waals surface area contributed by atoms with Crippen LogP contribution in [-0.2, 0) is 4.79 Å². The lowest BCUT2D eigenvalue weighted by Crippen LogP contribution is -2.39. The second-order valence-electron chi connectivity index (χ2n) is 4.44. The number of nitrogens with zero attached hydrogens (tertiary/aromatic N) is 1. The van der Waals surface area contributed by atoms with Gasteiger partial charge in [0.25, 0.3) is 5.91 Å². The van der Waals surface area contributed by atoms with Crippen molar-refractivity contribution in [2.45, 2.75) is 25.3 Å². The van der Waals surface area contributed by atoms with Gasteiger partial charge in [0.1, 0.15) is 5.75 Å². The zero-order valence-electron chi connectivity index (χ0n) is 10.1. The summed E-state index contributed by atoms with van der Waals surface area (Å²) >= 11 is 0. The highest BCUT2D eigenvalue weighted by Gasteiger charge is 2.28. The average molecular weight is 244 g/mol. The number of benzene rings is 1. The number of amides is 1. The maximum atomic E-state index is 11.7. The minimum Gasteiger partial charge on any atom is -0.484 e. The molecule has 4 heteroatoms. The van der Waals surface area contributed by atoms with Crippen LogP contribution in [0.2, 0.25) is 0 Å². The van der Waals surface area contributed by atoms with E-state index in [2.05, 4.69) is 11.4 Å². The van der Waals surface area contributed by atoms with Crippen LogP contribution in [0.3, 0.4) is 0 Å². The zero-order chi connectivity index (χ0) is 12.8. The third-order valence-corrected chi connectivity index (χ3v) is 3.14. The van der Waals surface area contributed by atoms with E-state index in [1.807, 2.05) is 18.2 Å². The van der Waals surface area contributed by atoms with Crippen LogP contribution in [-0.4, -0.2) is 18.6 Å². The third kappa shape index (κ3) is 3.24. The number of carbonyl (C=O) groups excluding carboxylic acids is 1. The van der Waals surface area contributed by atoms with Crippen LogP contribution >= 0.6 is 0 Å². The molecule has 0 bridgehead atoms. The van der Waals surface area contributed by atoms with E-state index < -0.39 is 0 Å². The number of nitrogens with one attached hydrogen (secondary N) is 1. The molecule has 94 valence electrons. The molecule has 4 nitrogen and oxygen atoms in total. The monoisotopic (exact) mass is 244 g/mol. The van der Waals surface area contributed by atoms with Crippen LogP contribution in [0.15, 0.2) is 30.3 Å². The summed E-state index contributed by atoms with van der Waals surface area (Å²) in [6.07, 6.45) is 2.76. The number of nitriles is 1. The summed E-state index contributed by atoms with van der Waals surface area (Å²) in [6, 6.07) is 11.4. The molecule has 0 saturated heterocycles. The van der Waals surface area contributed by atoms with E-state index in [4.69, 9.17) is 10.00 Å². The molecule has 18 heavy (non-hydrogen) atoms. The first-order valence-electron chi connectivity index (χ1n) is 6.16. The minimum absolute atomic E-state index is 0.00133. The van der Waals surface area contributed by atoms with Crippen molar-refractivity contribution in [3.8, 4) is 11.8 Å². The molecular weight excluding hydrogens is 228 g/mol. The van der Waals surface area contributed by atoms with Gasteiger partial charge in [0.05, 0.1) is 12.0 Å². The van der Waals surface area contributed by atoms with Gasteiger partial charge in [-0.25, -0.2) is 0 Å². The van der Waals surface area contributed by atoms with Gasteiger partial charge in [-0.1, -0.05) is 18.2 Å². The predicted molar refractivity (Wildman–Crippen MR) is 66.8 cm³/mol. The van der Waals surface area contributed by atoms with Crippen molar-refractivity contribution in [3.05, 3.63) is 30.3 Å². The fourth-order valence-corrected chi connectivity index (χ4v) is 2.20. The Hall–Kier alpha value is -2.02. The van der Waals surface area contributed by atoms with Gasteiger partial charge in [-0.3, -0.25) is 4.79 Å². The number of rotatable bonds is 4. The van der Waals surface area contributed by atoms with Crippen molar-refractivity contribution in [3.63, 3.8) is 0 Å². The fourth-order valence-electron chi connectivity index (χ4n) is 2.20. The maximum absolute atomic E-state index is 11.7. The van der Waals surface area contributed by atoms with E-state index in [-0.39, 0.29) is 24.5 Å². The highest BCUT2D eigenvalue weighted by atomic mass is 16.5. The highest BCUT2D eigenvalue weighted by molar-refractivity contribution is 5.78. The molecule has 1 saturated carbocycles. The summed E-state index contributed by atoms with van der Waals surface area (Å²) in [5, 5.41) is 11.8. The van der Waals surface area contributed by atoms with Gasteiger partial charge in [-0.15, -0.1) is 0 Å². The van der Waals surface area contributed by atoms with E-state index in [1.165, 1.54) is 0 Å². The standard InChI is InChI=1S/C14H16N2O2/c15-9-11-5-4-8-13(11)16-14(17)10-18-12-6-2-1-3-7-12/h1-3,6-7,11,13H,4-5,8,10H2,(H,16,17). The molecule has 0 spiro atoms. The van der Waals surface area contributed by atoms with E-state index in [9.17, 15) is 4.79 Å². The Labute approximate surface area is 107 Å². The molecular formula is C14H16N2O2. The molecule has 0 heterocycles. The van der Waals surface area contributed by atoms with Gasteiger partial charge in [-0.05, 0) is 31.4 Å². The summed E-state index contributed by atoms with van der Waals surface area (Å²) in [5.74, 6) is 0.465. The quantitative estimate of drug-likeness (QED) is 0.879. The predicted octanol–water partition coefficient (Wildman–Crippen LogP) is 1.87. The van der Waals surface area contributed by atoms with Gasteiger partial charge >= 0.3 is 0 Å². The first-order chi connectivity index (χ1) is 8.79. The van der Waals surface area contributed by atoms with Crippen LogP contribution in [0.1, 0.15) is 19.3 Å². The topological polar surface area (TPSA) is 62.1 Å². The Kier molecular flexibility index (Phi) is 4.19. The van der Waals surface area contributed by atoms with Crippen LogP contribution in [0.5, 0.6) is 5.75 Å². The zero-order valence-corrected chi connectivity index (χ0v) is 10.1. The molecule has 2 rings (SSSR count). The van der Waals surface area contributed by atoms with Crippen LogP contribution in [0.25, 0.3) is 0 Å². The molecule has 0 aromatic heterocycles. The van der Waals surface area contributed by atoms with Crippen molar-refractivity contribution in [1.29, 1.82) is 5.26 Å². The molecule has 2 unspecified atom stereocenters. The summed E-state index contributed by atoms with van der Waals surface area (Å²) in [5.41, 5.74) is 0. The van der Waals surface area contributed by atoms with Gasteiger partial charge in [0.15, 0.2) is 6.61 Å². The van der Waals surface area contributed by atoms with Crippen LogP contribution < -0.4 is 10.1 Å². The van der Waals surface area contributed by atoms with Crippen LogP contribution in [0.4, 0.5) is 0 Å². The number of hydrogen-bond donors (Lipinski definition) is 1. The number of ether oxygens (including phenoxy) is 1. The van der Waals surface area contributed by atoms with Crippen molar-refractivity contribution in [2.75, 3.05) is 6.61 Å². The molecule has 0 aliphatic heterocycles. The summed E-state index contributed by atoms with van der Waals surface area (Å²) in [4.78, 5) is 11.7. The Balaban J connectivity index is 1.77. The maximum Gasteiger partial charge on any atom is 0.258 e. The lowest BCUT2D eigenvalue weighted by atomic mass is 10.1. The minimum atomic E-state index is -0.161. The molecule has 1 N–H and O–H groups in total. The summed E-state index contributed by atoms with van der Waals surface area (Å²) in [7, 11) is 0. The van der Waals surface area contributed by atoms with Crippen molar-refractivity contribution >= 4 is 5.91 Å². The van der Waals surface area contributed by atoms with Gasteiger partial charge < -0.3 is 10.1 Å². The molecule has 1 fully saturated rings. The first kappa shape index (κ1) is 12.4. The third-order valence-electron chi connectivity index (χ3n) is 3.14. The molecule has 2 atom stereocenters. The van der Waals surface area contributed by atoms with E-state index in [0.29, 0.717) is 5.75 Å². The highest BCUT2D eigenvalue weighted by Crippen LogP contribution is 2.24. The first-order valence-corrected chi connectivity index (χ1v) is 6.16. The summed E-state index contributed by atoms with van der Waals surface area (Å²) < 4.78 is 5.35. The Bertz CT molecular complexity index is 439. The van der Waals surface area contributed by atoms with E-state index in [0.717, 1.165) is 19.3 Å². The fraction of sp³-hybridized carbons (Fsp3) is 0.429. The average Bonchev–Trinajstić information content (AvgIpc) is 2.85. The molecule has 1 aliphatic rings. The smallest absolute Gasteiger partial charge is 0.258 e. The van der Waals surface area contributed by atoms with Crippen molar-refractivity contribution < 1.29 is 9.53 Å². The normalized spacial score (nSPS) is 22.2. The largest absolute Gasteiger partial charge is 0.484 e. The van der Waals surface area contributed by atoms with E-state index in [1.54, 1.807) is 12.1 Å². The SMILES string of the molecule is N#CC1CCCC1NC(=O)COc1ccccc1. The molecule has 1 aromatic rings. The van der Waals surface area contributed by atoms with Crippen LogP contribution in [0, 0.1) is 17.2 Å². The molecule has 0 radical (unpaired) electrons.